The minimum atomic E-state index is -0.223. The van der Waals surface area contributed by atoms with Gasteiger partial charge in [-0.3, -0.25) is 9.59 Å². The molecular weight excluding hydrogens is 240 g/mol. The quantitative estimate of drug-likeness (QED) is 0.898. The molecule has 0 spiro atoms. The van der Waals surface area contributed by atoms with Crippen molar-refractivity contribution in [2.75, 3.05) is 18.0 Å². The predicted molar refractivity (Wildman–Crippen MR) is 74.9 cm³/mol. The van der Waals surface area contributed by atoms with Gasteiger partial charge in [-0.15, -0.1) is 0 Å². The summed E-state index contributed by atoms with van der Waals surface area (Å²) in [6, 6.07) is 7.82. The molecule has 2 rings (SSSR count). The predicted octanol–water partition coefficient (Wildman–Crippen LogP) is 1.87. The van der Waals surface area contributed by atoms with E-state index in [1.54, 1.807) is 4.90 Å². The highest BCUT2D eigenvalue weighted by molar-refractivity contribution is 6.00. The van der Waals surface area contributed by atoms with E-state index >= 15 is 0 Å². The number of benzene rings is 1. The first-order valence-corrected chi connectivity index (χ1v) is 6.76. The van der Waals surface area contributed by atoms with Crippen LogP contribution in [0.25, 0.3) is 0 Å². The van der Waals surface area contributed by atoms with E-state index in [-0.39, 0.29) is 17.7 Å². The number of carbonyl (C=O) groups excluding carboxylic acids is 2. The van der Waals surface area contributed by atoms with E-state index in [2.05, 4.69) is 5.32 Å². The molecule has 19 heavy (non-hydrogen) atoms. The van der Waals surface area contributed by atoms with E-state index in [4.69, 9.17) is 0 Å². The molecule has 1 heterocycles. The Morgan fingerprint density at radius 3 is 2.95 bits per heavy atom. The number of nitrogens with one attached hydrogen (secondary N) is 1. The fourth-order valence-electron chi connectivity index (χ4n) is 2.32. The number of hydrogen-bond acceptors (Lipinski definition) is 2. The molecule has 4 nitrogen and oxygen atoms in total. The Morgan fingerprint density at radius 2 is 2.26 bits per heavy atom. The van der Waals surface area contributed by atoms with Crippen LogP contribution < -0.4 is 10.2 Å². The maximum atomic E-state index is 12.0. The summed E-state index contributed by atoms with van der Waals surface area (Å²) < 4.78 is 0. The maximum Gasteiger partial charge on any atom is 0.227 e. The number of carbonyl (C=O) groups is 2. The summed E-state index contributed by atoms with van der Waals surface area (Å²) in [6.07, 6.45) is 1.22. The van der Waals surface area contributed by atoms with E-state index in [0.29, 0.717) is 19.5 Å². The monoisotopic (exact) mass is 260 g/mol. The van der Waals surface area contributed by atoms with Gasteiger partial charge < -0.3 is 10.2 Å². The molecular formula is C15H20N2O2. The standard InChI is InChI=1S/C15H20N2O2/c1-3-7-16-15(19)12-9-14(18)17(10-12)13-6-4-5-11(2)8-13/h4-6,8,12H,3,7,9-10H2,1-2H3,(H,16,19). The molecule has 1 saturated heterocycles. The molecule has 0 aromatic heterocycles. The van der Waals surface area contributed by atoms with E-state index in [0.717, 1.165) is 17.7 Å². The van der Waals surface area contributed by atoms with Gasteiger partial charge in [-0.25, -0.2) is 0 Å². The molecule has 1 aliphatic heterocycles. The van der Waals surface area contributed by atoms with Crippen LogP contribution in [0.3, 0.4) is 0 Å². The summed E-state index contributed by atoms with van der Waals surface area (Å²) in [5.41, 5.74) is 2.00. The molecule has 1 aliphatic rings. The van der Waals surface area contributed by atoms with Gasteiger partial charge in [0, 0.05) is 25.2 Å². The second-order valence-corrected chi connectivity index (χ2v) is 5.04. The average molecular weight is 260 g/mol. The van der Waals surface area contributed by atoms with E-state index in [1.165, 1.54) is 0 Å². The van der Waals surface area contributed by atoms with Gasteiger partial charge in [-0.05, 0) is 31.0 Å². The number of rotatable bonds is 4. The third-order valence-electron chi connectivity index (χ3n) is 3.36. The average Bonchev–Trinajstić information content (AvgIpc) is 2.78. The largest absolute Gasteiger partial charge is 0.356 e. The van der Waals surface area contributed by atoms with Gasteiger partial charge in [0.2, 0.25) is 11.8 Å². The van der Waals surface area contributed by atoms with Gasteiger partial charge in [0.05, 0.1) is 5.92 Å². The molecule has 1 N–H and O–H groups in total. The minimum absolute atomic E-state index is 0.00893. The summed E-state index contributed by atoms with van der Waals surface area (Å²) in [5.74, 6) is -0.202. The molecule has 1 aromatic carbocycles. The number of nitrogens with zero attached hydrogens (tertiary/aromatic N) is 1. The van der Waals surface area contributed by atoms with Crippen LogP contribution in [0.5, 0.6) is 0 Å². The van der Waals surface area contributed by atoms with Crippen LogP contribution in [0.2, 0.25) is 0 Å². The molecule has 1 aromatic rings. The molecule has 1 unspecified atom stereocenters. The van der Waals surface area contributed by atoms with Crippen LogP contribution in [-0.2, 0) is 9.59 Å². The van der Waals surface area contributed by atoms with Crippen LogP contribution in [0.15, 0.2) is 24.3 Å². The second-order valence-electron chi connectivity index (χ2n) is 5.04. The molecule has 1 fully saturated rings. The van der Waals surface area contributed by atoms with Gasteiger partial charge in [0.1, 0.15) is 0 Å². The second kappa shape index (κ2) is 5.87. The van der Waals surface area contributed by atoms with Gasteiger partial charge in [-0.1, -0.05) is 19.1 Å². The van der Waals surface area contributed by atoms with Crippen molar-refractivity contribution < 1.29 is 9.59 Å². The first-order valence-electron chi connectivity index (χ1n) is 6.76. The molecule has 102 valence electrons. The molecule has 4 heteroatoms. The Balaban J connectivity index is 2.05. The van der Waals surface area contributed by atoms with Crippen LogP contribution in [0, 0.1) is 12.8 Å². The lowest BCUT2D eigenvalue weighted by atomic mass is 10.1. The van der Waals surface area contributed by atoms with Gasteiger partial charge >= 0.3 is 0 Å². The number of hydrogen-bond donors (Lipinski definition) is 1. The zero-order valence-corrected chi connectivity index (χ0v) is 11.5. The first kappa shape index (κ1) is 13.6. The highest BCUT2D eigenvalue weighted by Crippen LogP contribution is 2.25. The Kier molecular flexibility index (Phi) is 4.20. The fourth-order valence-corrected chi connectivity index (χ4v) is 2.32. The molecule has 0 saturated carbocycles. The third-order valence-corrected chi connectivity index (χ3v) is 3.36. The van der Waals surface area contributed by atoms with Crippen molar-refractivity contribution >= 4 is 17.5 Å². The molecule has 0 bridgehead atoms. The van der Waals surface area contributed by atoms with Crippen molar-refractivity contribution in [2.24, 2.45) is 5.92 Å². The number of anilines is 1. The Labute approximate surface area is 113 Å². The van der Waals surface area contributed by atoms with Crippen molar-refractivity contribution in [1.29, 1.82) is 0 Å². The van der Waals surface area contributed by atoms with Crippen LogP contribution in [0.1, 0.15) is 25.3 Å². The molecule has 0 aliphatic carbocycles. The van der Waals surface area contributed by atoms with Crippen molar-refractivity contribution in [3.8, 4) is 0 Å². The molecule has 2 amide bonds. The van der Waals surface area contributed by atoms with Gasteiger partial charge in [0.25, 0.3) is 0 Å². The van der Waals surface area contributed by atoms with Crippen molar-refractivity contribution in [2.45, 2.75) is 26.7 Å². The lowest BCUT2D eigenvalue weighted by Gasteiger charge is -2.17. The SMILES string of the molecule is CCCNC(=O)C1CC(=O)N(c2cccc(C)c2)C1. The smallest absolute Gasteiger partial charge is 0.227 e. The summed E-state index contributed by atoms with van der Waals surface area (Å²) >= 11 is 0. The van der Waals surface area contributed by atoms with E-state index < -0.39 is 0 Å². The van der Waals surface area contributed by atoms with Crippen molar-refractivity contribution in [3.05, 3.63) is 29.8 Å². The Hall–Kier alpha value is -1.84. The zero-order chi connectivity index (χ0) is 13.8. The van der Waals surface area contributed by atoms with Crippen LogP contribution in [0.4, 0.5) is 5.69 Å². The topological polar surface area (TPSA) is 49.4 Å². The molecule has 0 radical (unpaired) electrons. The fraction of sp³-hybridized carbons (Fsp3) is 0.467. The van der Waals surface area contributed by atoms with Crippen molar-refractivity contribution in [3.63, 3.8) is 0 Å². The summed E-state index contributed by atoms with van der Waals surface area (Å²) in [4.78, 5) is 25.6. The van der Waals surface area contributed by atoms with Gasteiger partial charge in [-0.2, -0.15) is 0 Å². The summed E-state index contributed by atoms with van der Waals surface area (Å²) in [5, 5.41) is 2.86. The first-order chi connectivity index (χ1) is 9.11. The van der Waals surface area contributed by atoms with E-state index in [1.807, 2.05) is 38.1 Å². The van der Waals surface area contributed by atoms with Crippen molar-refractivity contribution in [1.82, 2.24) is 5.32 Å². The maximum absolute atomic E-state index is 12.0. The van der Waals surface area contributed by atoms with Crippen LogP contribution >= 0.6 is 0 Å². The summed E-state index contributed by atoms with van der Waals surface area (Å²) in [6.45, 7) is 5.17. The number of aryl methyl sites for hydroxylation is 1. The Bertz CT molecular complexity index is 485. The Morgan fingerprint density at radius 1 is 1.47 bits per heavy atom. The summed E-state index contributed by atoms with van der Waals surface area (Å²) in [7, 11) is 0. The van der Waals surface area contributed by atoms with Crippen LogP contribution in [-0.4, -0.2) is 24.9 Å². The lowest BCUT2D eigenvalue weighted by Crippen LogP contribution is -2.33. The highest BCUT2D eigenvalue weighted by atomic mass is 16.2. The molecule has 1 atom stereocenters. The number of amides is 2. The third kappa shape index (κ3) is 3.13. The zero-order valence-electron chi connectivity index (χ0n) is 11.5. The normalized spacial score (nSPS) is 18.7. The lowest BCUT2D eigenvalue weighted by molar-refractivity contribution is -0.126. The highest BCUT2D eigenvalue weighted by Gasteiger charge is 2.34. The van der Waals surface area contributed by atoms with Gasteiger partial charge in [0.15, 0.2) is 0 Å². The minimum Gasteiger partial charge on any atom is -0.356 e. The van der Waals surface area contributed by atoms with E-state index in [9.17, 15) is 9.59 Å².